The second-order valence-electron chi connectivity index (χ2n) is 11.3. The van der Waals surface area contributed by atoms with Crippen molar-refractivity contribution in [3.63, 3.8) is 0 Å². The van der Waals surface area contributed by atoms with Gasteiger partial charge in [0.1, 0.15) is 0 Å². The molecule has 0 aliphatic carbocycles. The summed E-state index contributed by atoms with van der Waals surface area (Å²) in [6, 6.07) is 58.0. The van der Waals surface area contributed by atoms with E-state index in [1.807, 2.05) is 0 Å². The minimum Gasteiger partial charge on any atom is -0.313 e. The van der Waals surface area contributed by atoms with Crippen LogP contribution in [0.25, 0.3) is 44.5 Å². The van der Waals surface area contributed by atoms with E-state index in [2.05, 4.69) is 163 Å². The molecule has 1 N–H and O–H groups in total. The number of rotatable bonds is 7. The van der Waals surface area contributed by atoms with Crippen LogP contribution in [0, 0.1) is 0 Å². The Labute approximate surface area is 249 Å². The number of nitrogens with one attached hydrogen (secondary N) is 1. The average molecular weight is 542 g/mol. The second-order valence-corrected chi connectivity index (χ2v) is 11.3. The fourth-order valence-electron chi connectivity index (χ4n) is 6.50. The van der Waals surface area contributed by atoms with Crippen LogP contribution < -0.4 is 5.32 Å². The van der Waals surface area contributed by atoms with Gasteiger partial charge in [-0.3, -0.25) is 0 Å². The minimum absolute atomic E-state index is 0.213. The monoisotopic (exact) mass is 541 g/mol. The van der Waals surface area contributed by atoms with Gasteiger partial charge in [-0.1, -0.05) is 146 Å². The Morgan fingerprint density at radius 2 is 0.738 bits per heavy atom. The highest BCUT2D eigenvalue weighted by molar-refractivity contribution is 5.77. The van der Waals surface area contributed by atoms with Crippen molar-refractivity contribution in [3.8, 4) is 44.5 Å². The summed E-state index contributed by atoms with van der Waals surface area (Å²) in [7, 11) is 0. The molecule has 0 radical (unpaired) electrons. The molecule has 7 rings (SSSR count). The first kappa shape index (κ1) is 26.2. The van der Waals surface area contributed by atoms with E-state index in [0.717, 1.165) is 13.0 Å². The van der Waals surface area contributed by atoms with Crippen LogP contribution >= 0.6 is 0 Å². The van der Waals surface area contributed by atoms with Crippen molar-refractivity contribution < 1.29 is 0 Å². The van der Waals surface area contributed by atoms with Crippen molar-refractivity contribution in [2.45, 2.75) is 24.8 Å². The second kappa shape index (κ2) is 12.0. The van der Waals surface area contributed by atoms with Crippen LogP contribution in [-0.2, 0) is 0 Å². The Morgan fingerprint density at radius 3 is 1.02 bits per heavy atom. The SMILES string of the molecule is c1ccc(-c2cc(-c3ccccc3)cc(C(c3cc(-c4ccccc4)cc(-c4ccccc4)c3)[C@@H]3CCCN3)c2)cc1. The fraction of sp³-hybridized carbons (Fsp3) is 0.122. The van der Waals surface area contributed by atoms with Gasteiger partial charge in [0.15, 0.2) is 0 Å². The van der Waals surface area contributed by atoms with E-state index in [9.17, 15) is 0 Å². The van der Waals surface area contributed by atoms with Crippen LogP contribution in [-0.4, -0.2) is 12.6 Å². The Kier molecular flexibility index (Phi) is 7.50. The molecule has 6 aromatic carbocycles. The zero-order chi connectivity index (χ0) is 28.1. The van der Waals surface area contributed by atoms with Gasteiger partial charge in [0.05, 0.1) is 0 Å². The van der Waals surface area contributed by atoms with Gasteiger partial charge in [0.2, 0.25) is 0 Å². The molecule has 0 saturated carbocycles. The molecule has 0 bridgehead atoms. The molecule has 1 fully saturated rings. The van der Waals surface area contributed by atoms with Crippen molar-refractivity contribution in [2.24, 2.45) is 0 Å². The van der Waals surface area contributed by atoms with Gasteiger partial charge in [-0.15, -0.1) is 0 Å². The molecule has 1 heterocycles. The van der Waals surface area contributed by atoms with Crippen molar-refractivity contribution in [2.75, 3.05) is 6.54 Å². The number of hydrogen-bond donors (Lipinski definition) is 1. The molecule has 204 valence electrons. The predicted molar refractivity (Wildman–Crippen MR) is 177 cm³/mol. The largest absolute Gasteiger partial charge is 0.313 e. The minimum atomic E-state index is 0.213. The quantitative estimate of drug-likeness (QED) is 0.212. The van der Waals surface area contributed by atoms with Gasteiger partial charge in [-0.25, -0.2) is 0 Å². The first-order valence-corrected chi connectivity index (χ1v) is 15.1. The van der Waals surface area contributed by atoms with E-state index in [4.69, 9.17) is 0 Å². The summed E-state index contributed by atoms with van der Waals surface area (Å²) in [5, 5.41) is 3.89. The number of benzene rings is 6. The Morgan fingerprint density at radius 1 is 0.405 bits per heavy atom. The third-order valence-electron chi connectivity index (χ3n) is 8.56. The van der Waals surface area contributed by atoms with Crippen LogP contribution in [0.2, 0.25) is 0 Å². The molecule has 0 spiro atoms. The molecule has 0 aromatic heterocycles. The lowest BCUT2D eigenvalue weighted by molar-refractivity contribution is 0.541. The maximum atomic E-state index is 3.89. The molecule has 0 unspecified atom stereocenters. The van der Waals surface area contributed by atoms with E-state index in [0.29, 0.717) is 6.04 Å². The van der Waals surface area contributed by atoms with Crippen LogP contribution in [0.1, 0.15) is 29.9 Å². The molecule has 1 saturated heterocycles. The topological polar surface area (TPSA) is 12.0 Å². The maximum Gasteiger partial charge on any atom is 0.0244 e. The zero-order valence-electron chi connectivity index (χ0n) is 23.8. The van der Waals surface area contributed by atoms with Crippen LogP contribution in [0.3, 0.4) is 0 Å². The highest BCUT2D eigenvalue weighted by atomic mass is 14.9. The summed E-state index contributed by atoms with van der Waals surface area (Å²) in [6.45, 7) is 1.06. The third-order valence-corrected chi connectivity index (χ3v) is 8.56. The van der Waals surface area contributed by atoms with Crippen LogP contribution in [0.4, 0.5) is 0 Å². The van der Waals surface area contributed by atoms with Gasteiger partial charge in [0.25, 0.3) is 0 Å². The van der Waals surface area contributed by atoms with E-state index < -0.39 is 0 Å². The van der Waals surface area contributed by atoms with Gasteiger partial charge in [-0.2, -0.15) is 0 Å². The van der Waals surface area contributed by atoms with Gasteiger partial charge < -0.3 is 5.32 Å². The fourth-order valence-corrected chi connectivity index (χ4v) is 6.50. The lowest BCUT2D eigenvalue weighted by Crippen LogP contribution is -2.29. The molecule has 6 aromatic rings. The Bertz CT molecular complexity index is 1510. The summed E-state index contributed by atoms with van der Waals surface area (Å²) < 4.78 is 0. The molecular weight excluding hydrogens is 506 g/mol. The molecule has 1 aliphatic rings. The van der Waals surface area contributed by atoms with Gasteiger partial charge in [0, 0.05) is 12.0 Å². The smallest absolute Gasteiger partial charge is 0.0244 e. The van der Waals surface area contributed by atoms with Crippen LogP contribution in [0.5, 0.6) is 0 Å². The average Bonchev–Trinajstić information content (AvgIpc) is 3.61. The third kappa shape index (κ3) is 5.57. The normalized spacial score (nSPS) is 14.7. The lowest BCUT2D eigenvalue weighted by Gasteiger charge is -2.27. The highest BCUT2D eigenvalue weighted by Crippen LogP contribution is 2.40. The summed E-state index contributed by atoms with van der Waals surface area (Å²) >= 11 is 0. The summed E-state index contributed by atoms with van der Waals surface area (Å²) in [4.78, 5) is 0. The van der Waals surface area contributed by atoms with Gasteiger partial charge >= 0.3 is 0 Å². The molecule has 42 heavy (non-hydrogen) atoms. The molecular formula is C41H35N. The van der Waals surface area contributed by atoms with Gasteiger partial charge in [-0.05, 0) is 87.2 Å². The molecule has 1 heteroatoms. The van der Waals surface area contributed by atoms with E-state index in [1.54, 1.807) is 0 Å². The maximum absolute atomic E-state index is 3.89. The first-order chi connectivity index (χ1) is 20.8. The molecule has 1 aliphatic heterocycles. The van der Waals surface area contributed by atoms with E-state index in [1.165, 1.54) is 62.1 Å². The summed E-state index contributed by atoms with van der Waals surface area (Å²) in [5.74, 6) is 0.213. The molecule has 0 amide bonds. The summed E-state index contributed by atoms with van der Waals surface area (Å²) in [5.41, 5.74) is 12.8. The lowest BCUT2D eigenvalue weighted by atomic mass is 9.80. The van der Waals surface area contributed by atoms with Crippen molar-refractivity contribution in [1.82, 2.24) is 5.32 Å². The molecule has 1 nitrogen and oxygen atoms in total. The Hall–Kier alpha value is -4.72. The summed E-state index contributed by atoms with van der Waals surface area (Å²) in [6.07, 6.45) is 2.37. The molecule has 1 atom stereocenters. The number of hydrogen-bond acceptors (Lipinski definition) is 1. The van der Waals surface area contributed by atoms with Crippen molar-refractivity contribution in [1.29, 1.82) is 0 Å². The highest BCUT2D eigenvalue weighted by Gasteiger charge is 2.29. The zero-order valence-corrected chi connectivity index (χ0v) is 23.8. The van der Waals surface area contributed by atoms with Crippen LogP contribution in [0.15, 0.2) is 158 Å². The van der Waals surface area contributed by atoms with E-state index in [-0.39, 0.29) is 5.92 Å². The first-order valence-electron chi connectivity index (χ1n) is 15.1. The van der Waals surface area contributed by atoms with Crippen molar-refractivity contribution in [3.05, 3.63) is 169 Å². The Balaban J connectivity index is 1.45. The predicted octanol–water partition coefficient (Wildman–Crippen LogP) is 10.2. The standard InChI is InChI=1S/C41H35N/c1-5-14-30(15-6-1)34-24-35(31-16-7-2-8-17-31)27-38(26-34)41(40-22-13-23-42-40)39-28-36(32-18-9-3-10-19-32)25-37(29-39)33-20-11-4-12-21-33/h1-12,14-21,24-29,40-42H,13,22-23H2/t40-/m0/s1. The van der Waals surface area contributed by atoms with Crippen molar-refractivity contribution >= 4 is 0 Å². The van der Waals surface area contributed by atoms with E-state index >= 15 is 0 Å².